The molecule has 0 fully saturated rings. The van der Waals surface area contributed by atoms with Gasteiger partial charge in [0, 0.05) is 17.2 Å². The van der Waals surface area contributed by atoms with E-state index in [9.17, 15) is 22.8 Å². The molecule has 4 aromatic rings. The van der Waals surface area contributed by atoms with Crippen LogP contribution in [0.4, 0.5) is 13.2 Å². The van der Waals surface area contributed by atoms with Crippen molar-refractivity contribution in [1.82, 2.24) is 25.6 Å². The van der Waals surface area contributed by atoms with Crippen LogP contribution in [-0.2, 0) is 4.79 Å². The average molecular weight is 498 g/mol. The Balaban J connectivity index is 1.55. The molecule has 0 aliphatic heterocycles. The standard InChI is InChI=1S/C24H18F3N5O2S/c1-14(22(33)29-30-23(34)16-7-9-17(25)10-8-16)35-24-31-28-21(15-5-3-2-4-6-15)32(24)20-12-11-18(26)13-19(20)27/h2-14H,1H3,(H,29,33)(H,30,34)/t14-/m1/s1. The maximum absolute atomic E-state index is 14.7. The number of amides is 2. The van der Waals surface area contributed by atoms with Gasteiger partial charge >= 0.3 is 0 Å². The highest BCUT2D eigenvalue weighted by atomic mass is 32.2. The molecule has 7 nitrogen and oxygen atoms in total. The van der Waals surface area contributed by atoms with Gasteiger partial charge in [0.25, 0.3) is 11.8 Å². The number of nitrogens with one attached hydrogen (secondary N) is 2. The fraction of sp³-hybridized carbons (Fsp3) is 0.0833. The molecule has 0 aliphatic rings. The number of benzene rings is 3. The second-order valence-corrected chi connectivity index (χ2v) is 8.62. The number of nitrogens with zero attached hydrogens (tertiary/aromatic N) is 3. The van der Waals surface area contributed by atoms with Crippen molar-refractivity contribution in [1.29, 1.82) is 0 Å². The summed E-state index contributed by atoms with van der Waals surface area (Å²) in [4.78, 5) is 24.7. The van der Waals surface area contributed by atoms with Gasteiger partial charge in [0.05, 0.1) is 10.9 Å². The fourth-order valence-corrected chi connectivity index (χ4v) is 3.97. The van der Waals surface area contributed by atoms with Gasteiger partial charge in [-0.1, -0.05) is 42.1 Å². The molecule has 1 heterocycles. The second kappa shape index (κ2) is 10.4. The minimum Gasteiger partial charge on any atom is -0.272 e. The number of halogens is 3. The van der Waals surface area contributed by atoms with Crippen LogP contribution >= 0.6 is 11.8 Å². The molecule has 0 saturated carbocycles. The zero-order chi connectivity index (χ0) is 24.9. The summed E-state index contributed by atoms with van der Waals surface area (Å²) in [5.41, 5.74) is 5.36. The molecule has 0 aliphatic carbocycles. The van der Waals surface area contributed by atoms with Gasteiger partial charge in [-0.25, -0.2) is 13.2 Å². The summed E-state index contributed by atoms with van der Waals surface area (Å²) in [7, 11) is 0. The van der Waals surface area contributed by atoms with Crippen molar-refractivity contribution in [2.24, 2.45) is 0 Å². The molecular formula is C24H18F3N5O2S. The molecule has 0 radical (unpaired) electrons. The number of carbonyl (C=O) groups excluding carboxylic acids is 2. The Morgan fingerprint density at radius 1 is 0.886 bits per heavy atom. The number of hydrogen-bond donors (Lipinski definition) is 2. The molecule has 2 amide bonds. The van der Waals surface area contributed by atoms with Crippen molar-refractivity contribution in [3.63, 3.8) is 0 Å². The van der Waals surface area contributed by atoms with Gasteiger partial charge in [-0.15, -0.1) is 10.2 Å². The van der Waals surface area contributed by atoms with Crippen molar-refractivity contribution in [2.75, 3.05) is 0 Å². The van der Waals surface area contributed by atoms with Crippen LogP contribution in [0.25, 0.3) is 17.1 Å². The third kappa shape index (κ3) is 5.52. The van der Waals surface area contributed by atoms with Gasteiger partial charge in [-0.2, -0.15) is 0 Å². The minimum absolute atomic E-state index is 0.00924. The van der Waals surface area contributed by atoms with E-state index in [-0.39, 0.29) is 16.4 Å². The van der Waals surface area contributed by atoms with Crippen molar-refractivity contribution in [3.05, 3.63) is 95.8 Å². The summed E-state index contributed by atoms with van der Waals surface area (Å²) in [6.07, 6.45) is 0. The van der Waals surface area contributed by atoms with Crippen molar-refractivity contribution < 1.29 is 22.8 Å². The zero-order valence-electron chi connectivity index (χ0n) is 18.2. The number of hydrogen-bond acceptors (Lipinski definition) is 5. The number of thioether (sulfide) groups is 1. The van der Waals surface area contributed by atoms with Crippen LogP contribution in [0.2, 0.25) is 0 Å². The van der Waals surface area contributed by atoms with Gasteiger partial charge in [0.2, 0.25) is 0 Å². The molecule has 2 N–H and O–H groups in total. The van der Waals surface area contributed by atoms with Crippen LogP contribution in [0.15, 0.2) is 78.0 Å². The maximum Gasteiger partial charge on any atom is 0.269 e. The van der Waals surface area contributed by atoms with E-state index in [1.165, 1.54) is 22.8 Å². The van der Waals surface area contributed by atoms with Crippen LogP contribution in [-0.4, -0.2) is 31.8 Å². The van der Waals surface area contributed by atoms with Crippen LogP contribution in [0.1, 0.15) is 17.3 Å². The summed E-state index contributed by atoms with van der Waals surface area (Å²) < 4.78 is 42.7. The Morgan fingerprint density at radius 2 is 1.57 bits per heavy atom. The predicted octanol–water partition coefficient (Wildman–Crippen LogP) is 4.29. The van der Waals surface area contributed by atoms with E-state index in [1.807, 2.05) is 6.07 Å². The van der Waals surface area contributed by atoms with Gasteiger partial charge in [-0.3, -0.25) is 25.0 Å². The Hall–Kier alpha value is -4.12. The van der Waals surface area contributed by atoms with E-state index in [0.717, 1.165) is 36.0 Å². The summed E-state index contributed by atoms with van der Waals surface area (Å²) >= 11 is 0.967. The SMILES string of the molecule is C[C@@H](Sc1nnc(-c2ccccc2)n1-c1ccc(F)cc1F)C(=O)NNC(=O)c1ccc(F)cc1. The van der Waals surface area contributed by atoms with Crippen LogP contribution < -0.4 is 10.9 Å². The summed E-state index contributed by atoms with van der Waals surface area (Å²) in [5.74, 6) is -2.95. The first-order valence-electron chi connectivity index (χ1n) is 10.3. The van der Waals surface area contributed by atoms with Crippen molar-refractivity contribution >= 4 is 23.6 Å². The van der Waals surface area contributed by atoms with E-state index in [1.54, 1.807) is 31.2 Å². The molecule has 0 saturated heterocycles. The van der Waals surface area contributed by atoms with Crippen LogP contribution in [0.3, 0.4) is 0 Å². The largest absolute Gasteiger partial charge is 0.272 e. The lowest BCUT2D eigenvalue weighted by Gasteiger charge is -2.15. The lowest BCUT2D eigenvalue weighted by Crippen LogP contribution is -2.45. The van der Waals surface area contributed by atoms with Crippen molar-refractivity contribution in [3.8, 4) is 17.1 Å². The molecule has 35 heavy (non-hydrogen) atoms. The normalized spacial score (nSPS) is 11.7. The first kappa shape index (κ1) is 24.0. The topological polar surface area (TPSA) is 88.9 Å². The summed E-state index contributed by atoms with van der Waals surface area (Å²) in [6.45, 7) is 1.56. The van der Waals surface area contributed by atoms with E-state index in [4.69, 9.17) is 0 Å². The lowest BCUT2D eigenvalue weighted by atomic mass is 10.2. The fourth-order valence-electron chi connectivity index (χ4n) is 3.11. The molecule has 11 heteroatoms. The smallest absolute Gasteiger partial charge is 0.269 e. The quantitative estimate of drug-likeness (QED) is 0.307. The molecule has 0 spiro atoms. The Labute approximate surface area is 202 Å². The van der Waals surface area contributed by atoms with E-state index in [2.05, 4.69) is 21.0 Å². The highest BCUT2D eigenvalue weighted by Gasteiger charge is 2.24. The molecule has 1 aromatic heterocycles. The molecule has 4 rings (SSSR count). The molecule has 3 aromatic carbocycles. The Morgan fingerprint density at radius 3 is 2.26 bits per heavy atom. The minimum atomic E-state index is -0.826. The third-order valence-electron chi connectivity index (χ3n) is 4.87. The lowest BCUT2D eigenvalue weighted by molar-refractivity contribution is -0.121. The highest BCUT2D eigenvalue weighted by molar-refractivity contribution is 8.00. The van der Waals surface area contributed by atoms with Gasteiger partial charge < -0.3 is 0 Å². The van der Waals surface area contributed by atoms with E-state index >= 15 is 0 Å². The molecule has 1 atom stereocenters. The number of aromatic nitrogens is 3. The first-order chi connectivity index (χ1) is 16.8. The monoisotopic (exact) mass is 497 g/mol. The molecule has 0 bridgehead atoms. The first-order valence-corrected chi connectivity index (χ1v) is 11.2. The number of rotatable bonds is 6. The molecule has 0 unspecified atom stereocenters. The molecule has 178 valence electrons. The van der Waals surface area contributed by atoms with E-state index < -0.39 is 34.5 Å². The van der Waals surface area contributed by atoms with E-state index in [0.29, 0.717) is 11.4 Å². The maximum atomic E-state index is 14.7. The summed E-state index contributed by atoms with van der Waals surface area (Å²) in [6, 6.07) is 16.8. The van der Waals surface area contributed by atoms with Crippen molar-refractivity contribution in [2.45, 2.75) is 17.3 Å². The predicted molar refractivity (Wildman–Crippen MR) is 124 cm³/mol. The van der Waals surface area contributed by atoms with Crippen LogP contribution in [0, 0.1) is 17.5 Å². The highest BCUT2D eigenvalue weighted by Crippen LogP contribution is 2.31. The van der Waals surface area contributed by atoms with Gasteiger partial charge in [-0.05, 0) is 43.3 Å². The van der Waals surface area contributed by atoms with Crippen LogP contribution in [0.5, 0.6) is 0 Å². The second-order valence-electron chi connectivity index (χ2n) is 7.31. The molecular weight excluding hydrogens is 479 g/mol. The van der Waals surface area contributed by atoms with Gasteiger partial charge in [0.1, 0.15) is 17.5 Å². The third-order valence-corrected chi connectivity index (χ3v) is 5.92. The Kier molecular flexibility index (Phi) is 7.16. The number of hydrazine groups is 1. The van der Waals surface area contributed by atoms with Gasteiger partial charge in [0.15, 0.2) is 11.0 Å². The zero-order valence-corrected chi connectivity index (χ0v) is 19.0. The average Bonchev–Trinajstić information content (AvgIpc) is 3.26. The Bertz CT molecular complexity index is 1360. The number of carbonyl (C=O) groups is 2. The summed E-state index contributed by atoms with van der Waals surface area (Å²) in [5, 5.41) is 7.67.